The number of rotatable bonds is 5. The Labute approximate surface area is 137 Å². The number of hydrogen-bond acceptors (Lipinski definition) is 2. The molecule has 3 unspecified atom stereocenters. The fraction of sp³-hybridized carbons (Fsp3) is 0.294. The molecule has 112 valence electrons. The third kappa shape index (κ3) is 4.02. The Balaban J connectivity index is 2.17. The third-order valence-electron chi connectivity index (χ3n) is 3.64. The van der Waals surface area contributed by atoms with Crippen LogP contribution in [0.5, 0.6) is 0 Å². The molecular formula is C17H20BrNOS. The van der Waals surface area contributed by atoms with Gasteiger partial charge in [0, 0.05) is 15.4 Å². The van der Waals surface area contributed by atoms with E-state index in [-0.39, 0.29) is 11.3 Å². The first-order valence-electron chi connectivity index (χ1n) is 7.03. The van der Waals surface area contributed by atoms with Gasteiger partial charge in [0.05, 0.1) is 16.0 Å². The van der Waals surface area contributed by atoms with E-state index in [1.807, 2.05) is 43.3 Å². The molecule has 0 fully saturated rings. The smallest absolute Gasteiger partial charge is 0.0577 e. The van der Waals surface area contributed by atoms with E-state index in [1.54, 1.807) is 0 Å². The average Bonchev–Trinajstić information content (AvgIpc) is 2.53. The van der Waals surface area contributed by atoms with Crippen molar-refractivity contribution in [3.8, 4) is 0 Å². The van der Waals surface area contributed by atoms with Gasteiger partial charge in [0.15, 0.2) is 0 Å². The second-order valence-electron chi connectivity index (χ2n) is 5.08. The molecule has 0 saturated heterocycles. The van der Waals surface area contributed by atoms with E-state index in [0.717, 1.165) is 21.4 Å². The van der Waals surface area contributed by atoms with E-state index in [2.05, 4.69) is 35.0 Å². The summed E-state index contributed by atoms with van der Waals surface area (Å²) >= 11 is 3.41. The lowest BCUT2D eigenvalue weighted by atomic mass is 10.0. The quantitative estimate of drug-likeness (QED) is 0.862. The molecule has 0 radical (unpaired) electrons. The van der Waals surface area contributed by atoms with Crippen LogP contribution in [-0.4, -0.2) is 9.46 Å². The molecule has 2 aromatic carbocycles. The van der Waals surface area contributed by atoms with Crippen molar-refractivity contribution in [3.05, 3.63) is 64.1 Å². The maximum absolute atomic E-state index is 12.6. The molecule has 2 rings (SSSR count). The minimum absolute atomic E-state index is 0.147. The zero-order valence-electron chi connectivity index (χ0n) is 12.3. The normalized spacial score (nSPS) is 15.4. The van der Waals surface area contributed by atoms with Gasteiger partial charge in [-0.15, -0.1) is 0 Å². The number of halogens is 1. The molecule has 0 heterocycles. The van der Waals surface area contributed by atoms with Crippen molar-refractivity contribution < 1.29 is 4.21 Å². The van der Waals surface area contributed by atoms with Gasteiger partial charge in [-0.3, -0.25) is 4.21 Å². The standard InChI is InChI=1S/C17H20BrNOS/c1-3-13-7-9-14(10-8-13)17(19)12(2)21(20)16-6-4-5-15(18)11-16/h4-12,17H,3,19H2,1-2H3. The SMILES string of the molecule is CCc1ccc(C(N)C(C)S(=O)c2cccc(Br)c2)cc1. The van der Waals surface area contributed by atoms with Gasteiger partial charge in [0.25, 0.3) is 0 Å². The maximum atomic E-state index is 12.6. The van der Waals surface area contributed by atoms with Crippen molar-refractivity contribution in [3.63, 3.8) is 0 Å². The second-order valence-corrected chi connectivity index (χ2v) is 7.81. The highest BCUT2D eigenvalue weighted by molar-refractivity contribution is 9.10. The van der Waals surface area contributed by atoms with E-state index < -0.39 is 10.8 Å². The molecule has 0 aliphatic heterocycles. The molecule has 0 amide bonds. The summed E-state index contributed by atoms with van der Waals surface area (Å²) in [4.78, 5) is 0.803. The molecule has 2 aromatic rings. The van der Waals surface area contributed by atoms with Crippen LogP contribution in [0.1, 0.15) is 31.0 Å². The first-order chi connectivity index (χ1) is 10.0. The van der Waals surface area contributed by atoms with Gasteiger partial charge in [0.1, 0.15) is 0 Å². The predicted octanol–water partition coefficient (Wildman–Crippen LogP) is 4.21. The van der Waals surface area contributed by atoms with Crippen molar-refractivity contribution in [1.29, 1.82) is 0 Å². The first kappa shape index (κ1) is 16.4. The van der Waals surface area contributed by atoms with Crippen LogP contribution in [0.25, 0.3) is 0 Å². The minimum Gasteiger partial charge on any atom is -0.323 e. The van der Waals surface area contributed by atoms with E-state index in [9.17, 15) is 4.21 Å². The topological polar surface area (TPSA) is 43.1 Å². The van der Waals surface area contributed by atoms with E-state index >= 15 is 0 Å². The van der Waals surface area contributed by atoms with Gasteiger partial charge < -0.3 is 5.73 Å². The Bertz CT molecular complexity index is 627. The lowest BCUT2D eigenvalue weighted by molar-refractivity contribution is 0.643. The van der Waals surface area contributed by atoms with Crippen LogP contribution in [0.15, 0.2) is 57.9 Å². The molecule has 4 heteroatoms. The molecule has 0 saturated carbocycles. The fourth-order valence-electron chi connectivity index (χ4n) is 2.19. The Morgan fingerprint density at radius 3 is 2.43 bits per heavy atom. The number of aryl methyl sites for hydroxylation is 1. The van der Waals surface area contributed by atoms with Crippen LogP contribution in [0.2, 0.25) is 0 Å². The maximum Gasteiger partial charge on any atom is 0.0577 e. The molecule has 0 bridgehead atoms. The van der Waals surface area contributed by atoms with Gasteiger partial charge in [0.2, 0.25) is 0 Å². The molecule has 2 nitrogen and oxygen atoms in total. The molecule has 2 N–H and O–H groups in total. The van der Waals surface area contributed by atoms with Crippen molar-refractivity contribution >= 4 is 26.7 Å². The summed E-state index contributed by atoms with van der Waals surface area (Å²) in [6.07, 6.45) is 1.01. The Kier molecular flexibility index (Phi) is 5.73. The van der Waals surface area contributed by atoms with Crippen molar-refractivity contribution in [1.82, 2.24) is 0 Å². The summed E-state index contributed by atoms with van der Waals surface area (Å²) in [5.74, 6) is 0. The molecule has 0 aromatic heterocycles. The Morgan fingerprint density at radius 2 is 1.86 bits per heavy atom. The predicted molar refractivity (Wildman–Crippen MR) is 92.8 cm³/mol. The molecule has 0 aliphatic carbocycles. The van der Waals surface area contributed by atoms with Gasteiger partial charge >= 0.3 is 0 Å². The highest BCUT2D eigenvalue weighted by Crippen LogP contribution is 2.24. The van der Waals surface area contributed by atoms with Crippen LogP contribution in [-0.2, 0) is 17.2 Å². The lowest BCUT2D eigenvalue weighted by Crippen LogP contribution is -2.27. The second kappa shape index (κ2) is 7.34. The minimum atomic E-state index is -1.13. The van der Waals surface area contributed by atoms with Gasteiger partial charge in [-0.2, -0.15) is 0 Å². The zero-order chi connectivity index (χ0) is 15.4. The number of nitrogens with two attached hydrogens (primary N) is 1. The number of benzene rings is 2. The molecule has 0 aliphatic rings. The van der Waals surface area contributed by atoms with E-state index in [0.29, 0.717) is 0 Å². The molecule has 0 spiro atoms. The van der Waals surface area contributed by atoms with Gasteiger partial charge in [-0.25, -0.2) is 0 Å². The molecule has 21 heavy (non-hydrogen) atoms. The van der Waals surface area contributed by atoms with Crippen molar-refractivity contribution in [2.75, 3.05) is 0 Å². The molecule has 3 atom stereocenters. The number of hydrogen-bond donors (Lipinski definition) is 1. The zero-order valence-corrected chi connectivity index (χ0v) is 14.7. The largest absolute Gasteiger partial charge is 0.323 e. The van der Waals surface area contributed by atoms with Crippen LogP contribution in [0, 0.1) is 0 Å². The lowest BCUT2D eigenvalue weighted by Gasteiger charge is -2.20. The summed E-state index contributed by atoms with van der Waals surface area (Å²) in [5.41, 5.74) is 8.62. The van der Waals surface area contributed by atoms with Crippen LogP contribution in [0.4, 0.5) is 0 Å². The summed E-state index contributed by atoms with van der Waals surface area (Å²) in [7, 11) is -1.13. The van der Waals surface area contributed by atoms with E-state index in [1.165, 1.54) is 5.56 Å². The first-order valence-corrected chi connectivity index (χ1v) is 9.04. The highest BCUT2D eigenvalue weighted by atomic mass is 79.9. The summed E-state index contributed by atoms with van der Waals surface area (Å²) < 4.78 is 13.6. The van der Waals surface area contributed by atoms with Gasteiger partial charge in [-0.1, -0.05) is 53.2 Å². The summed E-state index contributed by atoms with van der Waals surface area (Å²) in [6.45, 7) is 4.06. The van der Waals surface area contributed by atoms with Crippen LogP contribution < -0.4 is 5.73 Å². The van der Waals surface area contributed by atoms with E-state index in [4.69, 9.17) is 5.73 Å². The molecular weight excluding hydrogens is 346 g/mol. The van der Waals surface area contributed by atoms with Gasteiger partial charge in [-0.05, 0) is 42.7 Å². The Hall–Kier alpha value is -0.970. The highest BCUT2D eigenvalue weighted by Gasteiger charge is 2.22. The summed E-state index contributed by atoms with van der Waals surface area (Å²) in [5, 5.41) is -0.147. The fourth-order valence-corrected chi connectivity index (χ4v) is 4.05. The summed E-state index contributed by atoms with van der Waals surface area (Å²) in [6, 6.07) is 15.6. The van der Waals surface area contributed by atoms with Crippen LogP contribution in [0.3, 0.4) is 0 Å². The van der Waals surface area contributed by atoms with Crippen molar-refractivity contribution in [2.45, 2.75) is 36.5 Å². The van der Waals surface area contributed by atoms with Crippen LogP contribution >= 0.6 is 15.9 Å². The third-order valence-corrected chi connectivity index (χ3v) is 5.83. The van der Waals surface area contributed by atoms with Crippen molar-refractivity contribution in [2.24, 2.45) is 5.73 Å². The Morgan fingerprint density at radius 1 is 1.19 bits per heavy atom. The average molecular weight is 366 g/mol. The monoisotopic (exact) mass is 365 g/mol.